The molecule has 2 heterocycles. The average molecular weight is 530 g/mol. The molecule has 0 saturated carbocycles. The molecule has 0 fully saturated rings. The zero-order valence-corrected chi connectivity index (χ0v) is 22.4. The molecule has 0 bridgehead atoms. The van der Waals surface area contributed by atoms with E-state index in [4.69, 9.17) is 28.6 Å². The van der Waals surface area contributed by atoms with E-state index >= 15 is 0 Å². The Morgan fingerprint density at radius 1 is 0.947 bits per heavy atom. The lowest BCUT2D eigenvalue weighted by Crippen LogP contribution is -2.21. The van der Waals surface area contributed by atoms with Crippen LogP contribution in [-0.4, -0.2) is 35.4 Å². The van der Waals surface area contributed by atoms with Gasteiger partial charge in [-0.15, -0.1) is 0 Å². The van der Waals surface area contributed by atoms with Gasteiger partial charge in [0.15, 0.2) is 16.7 Å². The number of rotatable bonds is 9. The van der Waals surface area contributed by atoms with E-state index in [1.165, 1.54) is 11.8 Å². The molecule has 194 valence electrons. The zero-order valence-electron chi connectivity index (χ0n) is 21.6. The first-order valence-corrected chi connectivity index (χ1v) is 13.1. The summed E-state index contributed by atoms with van der Waals surface area (Å²) in [7, 11) is 3.21. The van der Waals surface area contributed by atoms with Crippen molar-refractivity contribution in [1.82, 2.24) is 14.5 Å². The molecule has 0 aliphatic heterocycles. The van der Waals surface area contributed by atoms with Crippen LogP contribution in [-0.2, 0) is 5.75 Å². The van der Waals surface area contributed by atoms with Crippen molar-refractivity contribution >= 4 is 22.7 Å². The van der Waals surface area contributed by atoms with Gasteiger partial charge in [0.25, 0.3) is 5.56 Å². The molecule has 3 aromatic carbocycles. The Balaban J connectivity index is 1.48. The quantitative estimate of drug-likeness (QED) is 0.168. The lowest BCUT2D eigenvalue weighted by molar-refractivity contribution is 0.311. The number of fused-ring (bicyclic) bond motifs is 1. The Kier molecular flexibility index (Phi) is 7.37. The summed E-state index contributed by atoms with van der Waals surface area (Å²) in [5.74, 6) is 3.63. The lowest BCUT2D eigenvalue weighted by Gasteiger charge is -2.13. The van der Waals surface area contributed by atoms with Crippen LogP contribution in [0.3, 0.4) is 0 Å². The molecule has 0 unspecified atom stereocenters. The maximum atomic E-state index is 13.5. The van der Waals surface area contributed by atoms with Crippen molar-refractivity contribution < 1.29 is 18.6 Å². The SMILES string of the molecule is CCOc1ccc(-c2nc(CSc3nc4ccccc4c(=O)n3-c3ccc(OC)cc3)c(C)o2)cc1OC. The van der Waals surface area contributed by atoms with E-state index in [0.717, 1.165) is 11.3 Å². The summed E-state index contributed by atoms with van der Waals surface area (Å²) in [5.41, 5.74) is 2.76. The van der Waals surface area contributed by atoms with Crippen LogP contribution in [0.2, 0.25) is 0 Å². The zero-order chi connectivity index (χ0) is 26.6. The number of methoxy groups -OCH3 is 2. The van der Waals surface area contributed by atoms with Crippen LogP contribution in [0.5, 0.6) is 17.2 Å². The fourth-order valence-electron chi connectivity index (χ4n) is 4.06. The van der Waals surface area contributed by atoms with E-state index in [1.54, 1.807) is 24.9 Å². The van der Waals surface area contributed by atoms with Crippen LogP contribution >= 0.6 is 11.8 Å². The molecule has 8 nitrogen and oxygen atoms in total. The van der Waals surface area contributed by atoms with Crippen LogP contribution in [0, 0.1) is 6.92 Å². The first kappa shape index (κ1) is 25.4. The van der Waals surface area contributed by atoms with Crippen LogP contribution in [0.15, 0.2) is 81.1 Å². The number of ether oxygens (including phenoxy) is 3. The van der Waals surface area contributed by atoms with Gasteiger partial charge in [-0.3, -0.25) is 9.36 Å². The average Bonchev–Trinajstić information content (AvgIpc) is 3.32. The summed E-state index contributed by atoms with van der Waals surface area (Å²) in [5, 5.41) is 1.11. The van der Waals surface area contributed by atoms with Gasteiger partial charge in [0.2, 0.25) is 5.89 Å². The number of hydrogen-bond donors (Lipinski definition) is 0. The number of para-hydroxylation sites is 1. The molecule has 5 aromatic rings. The van der Waals surface area contributed by atoms with Crippen molar-refractivity contribution in [3.05, 3.63) is 88.5 Å². The van der Waals surface area contributed by atoms with Gasteiger partial charge < -0.3 is 18.6 Å². The predicted octanol–water partition coefficient (Wildman–Crippen LogP) is 6.06. The third-order valence-corrected chi connectivity index (χ3v) is 6.97. The monoisotopic (exact) mass is 529 g/mol. The Morgan fingerprint density at radius 3 is 2.47 bits per heavy atom. The number of nitrogens with zero attached hydrogens (tertiary/aromatic N) is 3. The maximum Gasteiger partial charge on any atom is 0.266 e. The largest absolute Gasteiger partial charge is 0.497 e. The molecule has 0 spiro atoms. The summed E-state index contributed by atoms with van der Waals surface area (Å²) >= 11 is 1.43. The highest BCUT2D eigenvalue weighted by Gasteiger charge is 2.18. The number of hydrogen-bond acceptors (Lipinski definition) is 8. The molecule has 5 rings (SSSR count). The second-order valence-electron chi connectivity index (χ2n) is 8.36. The number of aryl methyl sites for hydroxylation is 1. The van der Waals surface area contributed by atoms with E-state index < -0.39 is 0 Å². The van der Waals surface area contributed by atoms with E-state index in [2.05, 4.69) is 0 Å². The van der Waals surface area contributed by atoms with E-state index in [1.807, 2.05) is 74.5 Å². The van der Waals surface area contributed by atoms with Crippen molar-refractivity contribution in [3.63, 3.8) is 0 Å². The molecule has 9 heteroatoms. The minimum Gasteiger partial charge on any atom is -0.497 e. The molecule has 0 saturated heterocycles. The minimum absolute atomic E-state index is 0.137. The highest BCUT2D eigenvalue weighted by molar-refractivity contribution is 7.98. The topological polar surface area (TPSA) is 88.6 Å². The summed E-state index contributed by atoms with van der Waals surface area (Å²) in [6.07, 6.45) is 0. The Hall–Kier alpha value is -4.24. The Bertz CT molecular complexity index is 1640. The van der Waals surface area contributed by atoms with Crippen molar-refractivity contribution in [2.24, 2.45) is 0 Å². The Morgan fingerprint density at radius 2 is 1.74 bits per heavy atom. The molecular formula is C29H27N3O5S. The third-order valence-electron chi connectivity index (χ3n) is 6.02. The molecule has 0 radical (unpaired) electrons. The predicted molar refractivity (Wildman–Crippen MR) is 148 cm³/mol. The first-order chi connectivity index (χ1) is 18.5. The second-order valence-corrected chi connectivity index (χ2v) is 9.30. The van der Waals surface area contributed by atoms with Gasteiger partial charge in [0.1, 0.15) is 11.5 Å². The summed E-state index contributed by atoms with van der Waals surface area (Å²) in [6.45, 7) is 4.34. The van der Waals surface area contributed by atoms with Crippen molar-refractivity contribution in [1.29, 1.82) is 0 Å². The standard InChI is InChI=1S/C29H27N3O5S/c1-5-36-25-15-10-19(16-26(25)35-4)27-30-24(18(2)37-27)17-38-29-31-23-9-7-6-8-22(23)28(33)32(29)20-11-13-21(34-3)14-12-20/h6-16H,5,17H2,1-4H3. The van der Waals surface area contributed by atoms with Gasteiger partial charge in [-0.05, 0) is 68.4 Å². The fraction of sp³-hybridized carbons (Fsp3) is 0.207. The van der Waals surface area contributed by atoms with Crippen molar-refractivity contribution in [2.75, 3.05) is 20.8 Å². The molecule has 0 aliphatic carbocycles. The number of aromatic nitrogens is 3. The van der Waals surface area contributed by atoms with Crippen LogP contribution < -0.4 is 19.8 Å². The van der Waals surface area contributed by atoms with Crippen molar-refractivity contribution in [2.45, 2.75) is 24.8 Å². The van der Waals surface area contributed by atoms with Crippen LogP contribution in [0.4, 0.5) is 0 Å². The number of oxazole rings is 1. The van der Waals surface area contributed by atoms with Crippen LogP contribution in [0.1, 0.15) is 18.4 Å². The highest BCUT2D eigenvalue weighted by Crippen LogP contribution is 2.34. The maximum absolute atomic E-state index is 13.5. The molecule has 0 atom stereocenters. The summed E-state index contributed by atoms with van der Waals surface area (Å²) < 4.78 is 24.0. The van der Waals surface area contributed by atoms with Gasteiger partial charge in [0, 0.05) is 11.3 Å². The summed E-state index contributed by atoms with van der Waals surface area (Å²) in [4.78, 5) is 23.1. The smallest absolute Gasteiger partial charge is 0.266 e. The first-order valence-electron chi connectivity index (χ1n) is 12.1. The molecule has 38 heavy (non-hydrogen) atoms. The van der Waals surface area contributed by atoms with Gasteiger partial charge in [-0.2, -0.15) is 0 Å². The van der Waals surface area contributed by atoms with Gasteiger partial charge >= 0.3 is 0 Å². The molecular weight excluding hydrogens is 502 g/mol. The molecule has 0 amide bonds. The molecule has 0 aliphatic rings. The van der Waals surface area contributed by atoms with Crippen molar-refractivity contribution in [3.8, 4) is 34.4 Å². The highest BCUT2D eigenvalue weighted by atomic mass is 32.2. The molecule has 2 aromatic heterocycles. The van der Waals surface area contributed by atoms with E-state index in [9.17, 15) is 4.79 Å². The van der Waals surface area contributed by atoms with Gasteiger partial charge in [0.05, 0.1) is 43.1 Å². The van der Waals surface area contributed by atoms with Gasteiger partial charge in [-0.1, -0.05) is 23.9 Å². The van der Waals surface area contributed by atoms with Crippen LogP contribution in [0.25, 0.3) is 28.0 Å². The third kappa shape index (κ3) is 4.97. The van der Waals surface area contributed by atoms with Gasteiger partial charge in [-0.25, -0.2) is 9.97 Å². The number of benzene rings is 3. The molecule has 0 N–H and O–H groups in total. The lowest BCUT2D eigenvalue weighted by atomic mass is 10.2. The summed E-state index contributed by atoms with van der Waals surface area (Å²) in [6, 6.07) is 20.3. The second kappa shape index (κ2) is 11.0. The van der Waals surface area contributed by atoms with E-state index in [-0.39, 0.29) is 5.56 Å². The fourth-order valence-corrected chi connectivity index (χ4v) is 5.08. The van der Waals surface area contributed by atoms with E-state index in [0.29, 0.717) is 63.0 Å². The number of thioether (sulfide) groups is 1. The Labute approximate surface area is 224 Å². The normalized spacial score (nSPS) is 11.1. The minimum atomic E-state index is -0.137.